The Morgan fingerprint density at radius 3 is 2.83 bits per heavy atom. The number of hydrogen-bond acceptors (Lipinski definition) is 4. The van der Waals surface area contributed by atoms with E-state index in [1.54, 1.807) is 12.5 Å². The second-order valence-electron chi connectivity index (χ2n) is 7.86. The van der Waals surface area contributed by atoms with Crippen LogP contribution < -0.4 is 10.6 Å². The van der Waals surface area contributed by atoms with Crippen LogP contribution in [0.3, 0.4) is 0 Å². The van der Waals surface area contributed by atoms with E-state index in [1.807, 2.05) is 34.4 Å². The molecule has 4 rings (SSSR count). The van der Waals surface area contributed by atoms with Crippen LogP contribution in [0, 0.1) is 0 Å². The maximum atomic E-state index is 4.85. The second kappa shape index (κ2) is 9.89. The molecule has 6 nitrogen and oxygen atoms in total. The second-order valence-corrected chi connectivity index (χ2v) is 8.81. The first-order chi connectivity index (χ1) is 14.8. The molecule has 0 bridgehead atoms. The molecule has 0 radical (unpaired) electrons. The molecule has 1 fully saturated rings. The maximum Gasteiger partial charge on any atom is 0.191 e. The van der Waals surface area contributed by atoms with E-state index in [-0.39, 0.29) is 5.41 Å². The van der Waals surface area contributed by atoms with Crippen molar-refractivity contribution in [2.45, 2.75) is 51.0 Å². The molecule has 1 aliphatic rings. The number of nitrogens with zero attached hydrogens (tertiary/aromatic N) is 4. The third-order valence-corrected chi connectivity index (χ3v) is 6.91. The Balaban J connectivity index is 1.46. The number of aromatic nitrogens is 3. The summed E-state index contributed by atoms with van der Waals surface area (Å²) in [5.74, 6) is 1.73. The highest BCUT2D eigenvalue weighted by molar-refractivity contribution is 7.10. The lowest BCUT2D eigenvalue weighted by atomic mass is 9.73. The molecule has 0 aliphatic heterocycles. The maximum absolute atomic E-state index is 4.85. The Morgan fingerprint density at radius 1 is 1.20 bits per heavy atom. The van der Waals surface area contributed by atoms with E-state index in [0.717, 1.165) is 30.4 Å². The van der Waals surface area contributed by atoms with Crippen molar-refractivity contribution in [2.24, 2.45) is 4.99 Å². The third kappa shape index (κ3) is 4.90. The third-order valence-electron chi connectivity index (χ3n) is 5.79. The van der Waals surface area contributed by atoms with Crippen LogP contribution in [0.5, 0.6) is 0 Å². The fourth-order valence-corrected chi connectivity index (χ4v) is 5.17. The van der Waals surface area contributed by atoms with E-state index in [2.05, 4.69) is 51.1 Å². The van der Waals surface area contributed by atoms with Crippen LogP contribution in [0.25, 0.3) is 5.82 Å². The highest BCUT2D eigenvalue weighted by Crippen LogP contribution is 2.41. The molecule has 3 aromatic rings. The molecule has 0 spiro atoms. The van der Waals surface area contributed by atoms with Crippen molar-refractivity contribution >= 4 is 17.3 Å². The van der Waals surface area contributed by atoms with Crippen molar-refractivity contribution in [3.05, 3.63) is 65.0 Å². The first kappa shape index (κ1) is 20.6. The number of hydrogen-bond donors (Lipinski definition) is 2. The molecule has 158 valence electrons. The molecule has 1 saturated carbocycles. The van der Waals surface area contributed by atoms with E-state index in [9.17, 15) is 0 Å². The number of pyridine rings is 1. The smallest absolute Gasteiger partial charge is 0.191 e. The summed E-state index contributed by atoms with van der Waals surface area (Å²) in [7, 11) is 0. The summed E-state index contributed by atoms with van der Waals surface area (Å²) in [6.07, 6.45) is 13.7. The van der Waals surface area contributed by atoms with Gasteiger partial charge in [0.05, 0.1) is 6.54 Å². The largest absolute Gasteiger partial charge is 0.357 e. The van der Waals surface area contributed by atoms with E-state index in [1.165, 1.54) is 37.0 Å². The first-order valence-electron chi connectivity index (χ1n) is 10.8. The topological polar surface area (TPSA) is 67.1 Å². The molecular weight excluding hydrogens is 392 g/mol. The van der Waals surface area contributed by atoms with E-state index in [0.29, 0.717) is 6.54 Å². The van der Waals surface area contributed by atoms with Gasteiger partial charge in [-0.3, -0.25) is 4.57 Å². The van der Waals surface area contributed by atoms with Gasteiger partial charge in [0, 0.05) is 42.0 Å². The van der Waals surface area contributed by atoms with Crippen LogP contribution in [0.2, 0.25) is 0 Å². The summed E-state index contributed by atoms with van der Waals surface area (Å²) in [4.78, 5) is 14.9. The van der Waals surface area contributed by atoms with Gasteiger partial charge in [-0.2, -0.15) is 0 Å². The van der Waals surface area contributed by atoms with Crippen LogP contribution in [-0.2, 0) is 12.0 Å². The highest BCUT2D eigenvalue weighted by Gasteiger charge is 2.34. The molecule has 0 amide bonds. The summed E-state index contributed by atoms with van der Waals surface area (Å²) < 4.78 is 1.91. The van der Waals surface area contributed by atoms with Crippen LogP contribution in [0.15, 0.2) is 59.6 Å². The lowest BCUT2D eigenvalue weighted by molar-refractivity contribution is 0.296. The first-order valence-corrected chi connectivity index (χ1v) is 11.7. The summed E-state index contributed by atoms with van der Waals surface area (Å²) >= 11 is 1.89. The number of imidazole rings is 1. The average Bonchev–Trinajstić information content (AvgIpc) is 3.51. The van der Waals surface area contributed by atoms with Gasteiger partial charge in [-0.15, -0.1) is 11.3 Å². The van der Waals surface area contributed by atoms with Gasteiger partial charge < -0.3 is 10.6 Å². The van der Waals surface area contributed by atoms with E-state index < -0.39 is 0 Å². The predicted molar refractivity (Wildman–Crippen MR) is 123 cm³/mol. The average molecular weight is 423 g/mol. The Hall–Kier alpha value is -2.67. The lowest BCUT2D eigenvalue weighted by Gasteiger charge is -2.37. The van der Waals surface area contributed by atoms with Crippen LogP contribution in [0.1, 0.15) is 49.5 Å². The number of guanidine groups is 1. The molecule has 7 heteroatoms. The molecule has 0 unspecified atom stereocenters. The Kier molecular flexibility index (Phi) is 6.79. The van der Waals surface area contributed by atoms with Crippen molar-refractivity contribution in [1.82, 2.24) is 25.2 Å². The van der Waals surface area contributed by atoms with Crippen LogP contribution >= 0.6 is 11.3 Å². The zero-order valence-corrected chi connectivity index (χ0v) is 18.4. The minimum Gasteiger partial charge on any atom is -0.357 e. The lowest BCUT2D eigenvalue weighted by Crippen LogP contribution is -2.46. The molecule has 3 aromatic heterocycles. The predicted octanol–water partition coefficient (Wildman–Crippen LogP) is 4.29. The molecule has 2 N–H and O–H groups in total. The minimum absolute atomic E-state index is 0.230. The minimum atomic E-state index is 0.230. The Labute approximate surface area is 182 Å². The number of nitrogens with one attached hydrogen (secondary N) is 2. The molecule has 0 saturated heterocycles. The molecule has 30 heavy (non-hydrogen) atoms. The Bertz CT molecular complexity index is 927. The van der Waals surface area contributed by atoms with Gasteiger partial charge in [-0.1, -0.05) is 25.3 Å². The zero-order valence-electron chi connectivity index (χ0n) is 17.6. The molecule has 3 heterocycles. The normalized spacial score (nSPS) is 16.4. The van der Waals surface area contributed by atoms with E-state index in [4.69, 9.17) is 4.99 Å². The van der Waals surface area contributed by atoms with Gasteiger partial charge in [-0.05, 0) is 48.9 Å². The zero-order chi connectivity index (χ0) is 20.7. The summed E-state index contributed by atoms with van der Waals surface area (Å²) in [6.45, 7) is 4.48. The fraction of sp³-hybridized carbons (Fsp3) is 0.435. The van der Waals surface area contributed by atoms with Crippen molar-refractivity contribution in [3.63, 3.8) is 0 Å². The molecular formula is C23H30N6S. The van der Waals surface area contributed by atoms with Gasteiger partial charge in [-0.25, -0.2) is 15.0 Å². The highest BCUT2D eigenvalue weighted by atomic mass is 32.1. The Morgan fingerprint density at radius 2 is 2.10 bits per heavy atom. The standard InChI is InChI=1S/C23H30N6S/c1-2-25-22(27-16-19-8-11-26-21(15-19)29-13-12-24-18-29)28-17-23(9-4-3-5-10-23)20-7-6-14-30-20/h6-8,11-15,18H,2-5,9-10,16-17H2,1H3,(H2,25,27,28). The van der Waals surface area contributed by atoms with Crippen LogP contribution in [0.4, 0.5) is 0 Å². The fourth-order valence-electron chi connectivity index (χ4n) is 4.18. The van der Waals surface area contributed by atoms with Crippen LogP contribution in [-0.4, -0.2) is 33.6 Å². The van der Waals surface area contributed by atoms with Crippen molar-refractivity contribution < 1.29 is 0 Å². The summed E-state index contributed by atoms with van der Waals surface area (Å²) in [5, 5.41) is 9.26. The molecule has 1 aliphatic carbocycles. The monoisotopic (exact) mass is 422 g/mol. The van der Waals surface area contributed by atoms with Crippen molar-refractivity contribution in [1.29, 1.82) is 0 Å². The van der Waals surface area contributed by atoms with Gasteiger partial charge >= 0.3 is 0 Å². The number of thiophene rings is 1. The van der Waals surface area contributed by atoms with Gasteiger partial charge in [0.15, 0.2) is 5.96 Å². The molecule has 0 atom stereocenters. The number of rotatable bonds is 7. The van der Waals surface area contributed by atoms with Crippen molar-refractivity contribution in [2.75, 3.05) is 13.1 Å². The van der Waals surface area contributed by atoms with Gasteiger partial charge in [0.1, 0.15) is 12.1 Å². The summed E-state index contributed by atoms with van der Waals surface area (Å²) in [6, 6.07) is 8.55. The molecule has 0 aromatic carbocycles. The van der Waals surface area contributed by atoms with E-state index >= 15 is 0 Å². The van der Waals surface area contributed by atoms with Crippen molar-refractivity contribution in [3.8, 4) is 5.82 Å². The quantitative estimate of drug-likeness (QED) is 0.440. The SMILES string of the molecule is CCNC(=NCc1ccnc(-n2ccnc2)c1)NCC1(c2cccs2)CCCCC1. The van der Waals surface area contributed by atoms with Gasteiger partial charge in [0.25, 0.3) is 0 Å². The van der Waals surface area contributed by atoms with Gasteiger partial charge in [0.2, 0.25) is 0 Å². The summed E-state index contributed by atoms with van der Waals surface area (Å²) in [5.41, 5.74) is 1.35. The number of aliphatic imine (C=N–C) groups is 1.